The van der Waals surface area contributed by atoms with Crippen LogP contribution in [0.15, 0.2) is 41.5 Å². The summed E-state index contributed by atoms with van der Waals surface area (Å²) in [7, 11) is 5.39. The minimum atomic E-state index is -0.243. The number of carbonyl (C=O) groups excluding carboxylic acids is 1. The molecule has 0 saturated carbocycles. The monoisotopic (exact) mass is 439 g/mol. The van der Waals surface area contributed by atoms with Crippen molar-refractivity contribution in [1.82, 2.24) is 24.4 Å². The molecule has 1 aromatic carbocycles. The van der Waals surface area contributed by atoms with E-state index in [2.05, 4.69) is 15.0 Å². The lowest BCUT2D eigenvalue weighted by molar-refractivity contribution is 0.104. The largest absolute Gasteiger partial charge is 0.378 e. The molecule has 0 aliphatic heterocycles. The van der Waals surface area contributed by atoms with E-state index in [9.17, 15) is 9.59 Å². The first-order chi connectivity index (χ1) is 14.9. The molecule has 0 aliphatic rings. The van der Waals surface area contributed by atoms with Crippen LogP contribution in [0.3, 0.4) is 0 Å². The molecular formula is C22H22ClN5O3. The number of nitrogens with zero attached hydrogens (tertiary/aromatic N) is 4. The zero-order chi connectivity index (χ0) is 22.1. The standard InChI is InChI=1S/C22H22ClN5O3/c1-27(2)8-9-28-17-11-25-21-18(19(17)26-16(12-31-3)22(28)30)14(10-24-21)20(29)13-6-4-5-7-15(13)23/h4-7,10-11H,8-9,12H2,1-3H3,(H,24,25). The first kappa shape index (κ1) is 21.2. The van der Waals surface area contributed by atoms with Crippen LogP contribution < -0.4 is 5.56 Å². The summed E-state index contributed by atoms with van der Waals surface area (Å²) in [5, 5.41) is 0.921. The van der Waals surface area contributed by atoms with Gasteiger partial charge in [-0.3, -0.25) is 9.59 Å². The number of aromatic amines is 1. The lowest BCUT2D eigenvalue weighted by atomic mass is 10.0. The number of likely N-dealkylation sites (N-methyl/N-ethyl adjacent to an activating group) is 1. The molecule has 0 saturated heterocycles. The third kappa shape index (κ3) is 3.85. The fourth-order valence-corrected chi connectivity index (χ4v) is 3.77. The van der Waals surface area contributed by atoms with Crippen molar-refractivity contribution < 1.29 is 9.53 Å². The van der Waals surface area contributed by atoms with E-state index in [1.165, 1.54) is 7.11 Å². The van der Waals surface area contributed by atoms with Gasteiger partial charge in [-0.15, -0.1) is 0 Å². The highest BCUT2D eigenvalue weighted by Crippen LogP contribution is 2.28. The van der Waals surface area contributed by atoms with E-state index < -0.39 is 0 Å². The quantitative estimate of drug-likeness (QED) is 0.445. The second-order valence-electron chi connectivity index (χ2n) is 7.48. The molecule has 1 N–H and O–H groups in total. The van der Waals surface area contributed by atoms with Crippen LogP contribution in [0, 0.1) is 0 Å². The normalized spacial score (nSPS) is 11.6. The molecule has 0 unspecified atom stereocenters. The van der Waals surface area contributed by atoms with Crippen molar-refractivity contribution in [2.75, 3.05) is 27.7 Å². The van der Waals surface area contributed by atoms with Crippen LogP contribution >= 0.6 is 11.6 Å². The highest BCUT2D eigenvalue weighted by molar-refractivity contribution is 6.35. The van der Waals surface area contributed by atoms with Gasteiger partial charge in [0.15, 0.2) is 5.78 Å². The molecular weight excluding hydrogens is 418 g/mol. The Morgan fingerprint density at radius 3 is 2.74 bits per heavy atom. The Bertz CT molecular complexity index is 1340. The Labute approximate surface area is 183 Å². The number of pyridine rings is 1. The number of ketones is 1. The molecule has 4 aromatic rings. The fourth-order valence-electron chi connectivity index (χ4n) is 3.55. The molecule has 0 aliphatic carbocycles. The molecule has 0 amide bonds. The Morgan fingerprint density at radius 2 is 2.03 bits per heavy atom. The molecule has 3 heterocycles. The summed E-state index contributed by atoms with van der Waals surface area (Å²) in [5.41, 5.74) is 2.43. The molecule has 3 aromatic heterocycles. The number of hydrogen-bond acceptors (Lipinski definition) is 6. The Morgan fingerprint density at radius 1 is 1.26 bits per heavy atom. The van der Waals surface area contributed by atoms with Crippen molar-refractivity contribution in [2.45, 2.75) is 13.2 Å². The molecule has 9 heteroatoms. The van der Waals surface area contributed by atoms with Crippen LogP contribution in [0.5, 0.6) is 0 Å². The van der Waals surface area contributed by atoms with Crippen LogP contribution in [0.4, 0.5) is 0 Å². The van der Waals surface area contributed by atoms with Gasteiger partial charge >= 0.3 is 0 Å². The highest BCUT2D eigenvalue weighted by Gasteiger charge is 2.22. The summed E-state index contributed by atoms with van der Waals surface area (Å²) in [4.78, 5) is 40.4. The van der Waals surface area contributed by atoms with E-state index in [4.69, 9.17) is 16.3 Å². The third-order valence-corrected chi connectivity index (χ3v) is 5.43. The number of ether oxygens (including phenoxy) is 1. The molecule has 0 spiro atoms. The lowest BCUT2D eigenvalue weighted by Gasteiger charge is -2.15. The number of aromatic nitrogens is 4. The summed E-state index contributed by atoms with van der Waals surface area (Å²) in [5.74, 6) is -0.243. The smallest absolute Gasteiger partial charge is 0.275 e. The Kier molecular flexibility index (Phi) is 5.86. The summed E-state index contributed by atoms with van der Waals surface area (Å²) in [6.07, 6.45) is 3.22. The van der Waals surface area contributed by atoms with Crippen molar-refractivity contribution >= 4 is 39.5 Å². The molecule has 0 bridgehead atoms. The molecule has 0 radical (unpaired) electrons. The maximum absolute atomic E-state index is 13.3. The summed E-state index contributed by atoms with van der Waals surface area (Å²) in [6, 6.07) is 6.89. The van der Waals surface area contributed by atoms with Gasteiger partial charge in [0.2, 0.25) is 0 Å². The molecule has 160 valence electrons. The van der Waals surface area contributed by atoms with E-state index in [1.54, 1.807) is 41.2 Å². The van der Waals surface area contributed by atoms with Crippen molar-refractivity contribution in [1.29, 1.82) is 0 Å². The zero-order valence-electron chi connectivity index (χ0n) is 17.5. The average Bonchev–Trinajstić information content (AvgIpc) is 3.18. The van der Waals surface area contributed by atoms with Crippen LogP contribution in [0.25, 0.3) is 22.1 Å². The number of carbonyl (C=O) groups is 1. The SMILES string of the molecule is COCc1nc2c3c(C(=O)c4ccccc4Cl)c[nH]c3ncc2n(CCN(C)C)c1=O. The van der Waals surface area contributed by atoms with Crippen LogP contribution in [0.2, 0.25) is 5.02 Å². The van der Waals surface area contributed by atoms with Gasteiger partial charge in [-0.05, 0) is 26.2 Å². The first-order valence-electron chi connectivity index (χ1n) is 9.74. The van der Waals surface area contributed by atoms with Gasteiger partial charge in [-0.1, -0.05) is 23.7 Å². The number of hydrogen-bond donors (Lipinski definition) is 1. The summed E-state index contributed by atoms with van der Waals surface area (Å²) in [6.45, 7) is 1.17. The van der Waals surface area contributed by atoms with E-state index in [0.717, 1.165) is 0 Å². The Hall–Kier alpha value is -3.07. The summed E-state index contributed by atoms with van der Waals surface area (Å²) < 4.78 is 6.84. The van der Waals surface area contributed by atoms with Gasteiger partial charge in [-0.2, -0.15) is 0 Å². The van der Waals surface area contributed by atoms with Crippen molar-refractivity contribution in [2.24, 2.45) is 0 Å². The van der Waals surface area contributed by atoms with Crippen LogP contribution in [-0.2, 0) is 17.9 Å². The van der Waals surface area contributed by atoms with Gasteiger partial charge in [-0.25, -0.2) is 9.97 Å². The molecule has 0 fully saturated rings. The lowest BCUT2D eigenvalue weighted by Crippen LogP contribution is -2.30. The van der Waals surface area contributed by atoms with Crippen molar-refractivity contribution in [3.8, 4) is 0 Å². The minimum Gasteiger partial charge on any atom is -0.378 e. The van der Waals surface area contributed by atoms with Gasteiger partial charge in [0.25, 0.3) is 5.56 Å². The van der Waals surface area contributed by atoms with E-state index in [-0.39, 0.29) is 23.6 Å². The second-order valence-corrected chi connectivity index (χ2v) is 7.89. The van der Waals surface area contributed by atoms with Crippen molar-refractivity contribution in [3.05, 3.63) is 68.9 Å². The zero-order valence-corrected chi connectivity index (χ0v) is 18.2. The van der Waals surface area contributed by atoms with Gasteiger partial charge < -0.3 is 19.2 Å². The fraction of sp³-hybridized carbons (Fsp3) is 0.273. The predicted molar refractivity (Wildman–Crippen MR) is 120 cm³/mol. The maximum atomic E-state index is 13.3. The van der Waals surface area contributed by atoms with Crippen LogP contribution in [-0.4, -0.2) is 58.0 Å². The van der Waals surface area contributed by atoms with E-state index >= 15 is 0 Å². The van der Waals surface area contributed by atoms with Crippen molar-refractivity contribution in [3.63, 3.8) is 0 Å². The molecule has 4 rings (SSSR count). The Balaban J connectivity index is 2.00. The van der Waals surface area contributed by atoms with Gasteiger partial charge in [0.1, 0.15) is 16.9 Å². The number of methoxy groups -OCH3 is 1. The number of nitrogens with one attached hydrogen (secondary N) is 1. The summed E-state index contributed by atoms with van der Waals surface area (Å²) >= 11 is 6.26. The number of H-pyrrole nitrogens is 1. The number of benzene rings is 1. The van der Waals surface area contributed by atoms with Gasteiger partial charge in [0, 0.05) is 32.0 Å². The van der Waals surface area contributed by atoms with Crippen LogP contribution in [0.1, 0.15) is 21.6 Å². The molecule has 0 atom stereocenters. The highest BCUT2D eigenvalue weighted by atomic mass is 35.5. The average molecular weight is 440 g/mol. The minimum absolute atomic E-state index is 0.0682. The van der Waals surface area contributed by atoms with E-state index in [1.807, 2.05) is 19.0 Å². The molecule has 8 nitrogen and oxygen atoms in total. The maximum Gasteiger partial charge on any atom is 0.275 e. The topological polar surface area (TPSA) is 93.1 Å². The van der Waals surface area contributed by atoms with E-state index in [0.29, 0.717) is 51.3 Å². The first-order valence-corrected chi connectivity index (χ1v) is 10.1. The van der Waals surface area contributed by atoms with Gasteiger partial charge in [0.05, 0.1) is 34.3 Å². The third-order valence-electron chi connectivity index (χ3n) is 5.10. The number of rotatable bonds is 7. The number of fused-ring (bicyclic) bond motifs is 3. The predicted octanol–water partition coefficient (Wildman–Crippen LogP) is 2.87. The molecule has 31 heavy (non-hydrogen) atoms. The second kappa shape index (κ2) is 8.58. The number of halogens is 1.